The third-order valence-electron chi connectivity index (χ3n) is 4.48. The van der Waals surface area contributed by atoms with Gasteiger partial charge >= 0.3 is 0 Å². The molecule has 5 nitrogen and oxygen atoms in total. The number of carbonyl (C=O) groups excluding carboxylic acids is 1. The van der Waals surface area contributed by atoms with Crippen LogP contribution in [0.1, 0.15) is 55.4 Å². The molecule has 0 aliphatic carbocycles. The van der Waals surface area contributed by atoms with Crippen molar-refractivity contribution in [2.75, 3.05) is 6.54 Å². The number of aromatic nitrogens is 2. The molecule has 27 heavy (non-hydrogen) atoms. The maximum absolute atomic E-state index is 12.4. The topological polar surface area (TPSA) is 68.0 Å². The highest BCUT2D eigenvalue weighted by Crippen LogP contribution is 2.22. The number of hydrogen-bond donors (Lipinski definition) is 1. The fourth-order valence-electron chi connectivity index (χ4n) is 2.70. The quantitative estimate of drug-likeness (QED) is 0.721. The van der Waals surface area contributed by atoms with Crippen LogP contribution in [-0.4, -0.2) is 22.6 Å². The van der Waals surface area contributed by atoms with E-state index in [1.165, 1.54) is 5.56 Å². The van der Waals surface area contributed by atoms with Crippen LogP contribution in [0.4, 0.5) is 0 Å². The molecule has 1 atom stereocenters. The molecule has 1 N–H and O–H groups in total. The van der Waals surface area contributed by atoms with Crippen molar-refractivity contribution in [3.63, 3.8) is 0 Å². The van der Waals surface area contributed by atoms with Gasteiger partial charge in [-0.15, -0.1) is 0 Å². The van der Waals surface area contributed by atoms with Crippen molar-refractivity contribution in [3.8, 4) is 11.4 Å². The first-order chi connectivity index (χ1) is 12.8. The Bertz CT molecular complexity index is 893. The largest absolute Gasteiger partial charge is 0.351 e. The Balaban J connectivity index is 1.60. The molecule has 1 unspecified atom stereocenters. The molecule has 0 saturated heterocycles. The van der Waals surface area contributed by atoms with Gasteiger partial charge in [0.05, 0.1) is 5.92 Å². The van der Waals surface area contributed by atoms with Crippen LogP contribution in [0, 0.1) is 0 Å². The minimum Gasteiger partial charge on any atom is -0.351 e. The summed E-state index contributed by atoms with van der Waals surface area (Å²) >= 11 is 0. The second-order valence-corrected chi connectivity index (χ2v) is 7.76. The summed E-state index contributed by atoms with van der Waals surface area (Å²) < 4.78 is 5.36. The highest BCUT2D eigenvalue weighted by molar-refractivity contribution is 5.94. The Morgan fingerprint density at radius 1 is 1.07 bits per heavy atom. The first kappa shape index (κ1) is 18.8. The van der Waals surface area contributed by atoms with Gasteiger partial charge in [-0.25, -0.2) is 0 Å². The lowest BCUT2D eigenvalue weighted by molar-refractivity contribution is 0.0950. The summed E-state index contributed by atoms with van der Waals surface area (Å²) in [4.78, 5) is 16.8. The van der Waals surface area contributed by atoms with Crippen LogP contribution in [0.3, 0.4) is 0 Å². The van der Waals surface area contributed by atoms with Crippen molar-refractivity contribution < 1.29 is 9.32 Å². The van der Waals surface area contributed by atoms with Gasteiger partial charge in [0.1, 0.15) is 0 Å². The predicted molar refractivity (Wildman–Crippen MR) is 106 cm³/mol. The molecule has 0 radical (unpaired) electrons. The molecule has 1 heterocycles. The summed E-state index contributed by atoms with van der Waals surface area (Å²) in [6, 6.07) is 17.4. The molecule has 0 saturated carbocycles. The van der Waals surface area contributed by atoms with E-state index in [0.717, 1.165) is 5.56 Å². The average Bonchev–Trinajstić information content (AvgIpc) is 3.16. The van der Waals surface area contributed by atoms with Gasteiger partial charge < -0.3 is 9.84 Å². The van der Waals surface area contributed by atoms with E-state index in [9.17, 15) is 4.79 Å². The molecular formula is C22H25N3O2. The Morgan fingerprint density at radius 2 is 1.74 bits per heavy atom. The van der Waals surface area contributed by atoms with Gasteiger partial charge in [0.25, 0.3) is 5.91 Å². The zero-order valence-electron chi connectivity index (χ0n) is 16.2. The standard InChI is InChI=1S/C22H25N3O2/c1-15(21-24-19(25-27-21)16-8-6-5-7-9-16)14-23-20(26)17-10-12-18(13-11-17)22(2,3)4/h5-13,15H,14H2,1-4H3,(H,23,26). The number of hydrogen-bond acceptors (Lipinski definition) is 4. The molecule has 3 rings (SSSR count). The lowest BCUT2D eigenvalue weighted by Gasteiger charge is -2.19. The summed E-state index contributed by atoms with van der Waals surface area (Å²) in [5.41, 5.74) is 2.82. The van der Waals surface area contributed by atoms with E-state index in [-0.39, 0.29) is 17.2 Å². The van der Waals surface area contributed by atoms with Crippen LogP contribution < -0.4 is 5.32 Å². The second-order valence-electron chi connectivity index (χ2n) is 7.76. The number of nitrogens with zero attached hydrogens (tertiary/aromatic N) is 2. The van der Waals surface area contributed by atoms with E-state index in [2.05, 4.69) is 36.2 Å². The predicted octanol–water partition coefficient (Wildman–Crippen LogP) is 4.57. The van der Waals surface area contributed by atoms with Crippen LogP contribution >= 0.6 is 0 Å². The molecule has 0 spiro atoms. The first-order valence-corrected chi connectivity index (χ1v) is 9.12. The van der Waals surface area contributed by atoms with Gasteiger partial charge in [-0.05, 0) is 23.1 Å². The second kappa shape index (κ2) is 7.74. The lowest BCUT2D eigenvalue weighted by Crippen LogP contribution is -2.27. The molecule has 1 amide bonds. The number of benzene rings is 2. The summed E-state index contributed by atoms with van der Waals surface area (Å²) in [5.74, 6) is 0.886. The molecule has 1 aromatic heterocycles. The highest BCUT2D eigenvalue weighted by atomic mass is 16.5. The van der Waals surface area contributed by atoms with Crippen molar-refractivity contribution in [2.24, 2.45) is 0 Å². The van der Waals surface area contributed by atoms with Crippen LogP contribution in [0.25, 0.3) is 11.4 Å². The maximum atomic E-state index is 12.4. The van der Waals surface area contributed by atoms with Gasteiger partial charge in [0, 0.05) is 17.7 Å². The van der Waals surface area contributed by atoms with Gasteiger partial charge in [-0.2, -0.15) is 4.98 Å². The molecule has 3 aromatic rings. The van der Waals surface area contributed by atoms with Crippen LogP contribution in [0.15, 0.2) is 59.1 Å². The van der Waals surface area contributed by atoms with Gasteiger partial charge in [0.15, 0.2) is 0 Å². The van der Waals surface area contributed by atoms with Crippen LogP contribution in [0.5, 0.6) is 0 Å². The molecule has 0 bridgehead atoms. The zero-order valence-corrected chi connectivity index (χ0v) is 16.2. The SMILES string of the molecule is CC(CNC(=O)c1ccc(C(C)(C)C)cc1)c1nc(-c2ccccc2)no1. The third-order valence-corrected chi connectivity index (χ3v) is 4.48. The monoisotopic (exact) mass is 363 g/mol. The molecule has 0 aliphatic rings. The fourth-order valence-corrected chi connectivity index (χ4v) is 2.70. The molecule has 2 aromatic carbocycles. The maximum Gasteiger partial charge on any atom is 0.251 e. The molecule has 5 heteroatoms. The number of rotatable bonds is 5. The Labute approximate surface area is 159 Å². The van der Waals surface area contributed by atoms with E-state index < -0.39 is 0 Å². The minimum atomic E-state index is -0.106. The Hall–Kier alpha value is -2.95. The smallest absolute Gasteiger partial charge is 0.251 e. The van der Waals surface area contributed by atoms with Crippen LogP contribution in [-0.2, 0) is 5.41 Å². The zero-order chi connectivity index (χ0) is 19.4. The minimum absolute atomic E-state index is 0.0674. The van der Waals surface area contributed by atoms with Crippen molar-refractivity contribution in [2.45, 2.75) is 39.0 Å². The van der Waals surface area contributed by atoms with Crippen molar-refractivity contribution >= 4 is 5.91 Å². The van der Waals surface area contributed by atoms with E-state index in [1.807, 2.05) is 61.5 Å². The highest BCUT2D eigenvalue weighted by Gasteiger charge is 2.17. The van der Waals surface area contributed by atoms with Crippen LogP contribution in [0.2, 0.25) is 0 Å². The summed E-state index contributed by atoms with van der Waals surface area (Å²) in [6.45, 7) is 8.83. The number of carbonyl (C=O) groups is 1. The van der Waals surface area contributed by atoms with E-state index >= 15 is 0 Å². The normalized spacial score (nSPS) is 12.6. The number of amides is 1. The molecule has 0 fully saturated rings. The lowest BCUT2D eigenvalue weighted by atomic mass is 9.87. The third kappa shape index (κ3) is 4.61. The van der Waals surface area contributed by atoms with E-state index in [0.29, 0.717) is 23.8 Å². The van der Waals surface area contributed by atoms with Gasteiger partial charge in [0.2, 0.25) is 11.7 Å². The Kier molecular flexibility index (Phi) is 5.40. The Morgan fingerprint density at radius 3 is 2.37 bits per heavy atom. The van der Waals surface area contributed by atoms with Crippen molar-refractivity contribution in [1.29, 1.82) is 0 Å². The average molecular weight is 363 g/mol. The molecule has 140 valence electrons. The van der Waals surface area contributed by atoms with Crippen molar-refractivity contribution in [1.82, 2.24) is 15.5 Å². The molecular weight excluding hydrogens is 338 g/mol. The van der Waals surface area contributed by atoms with Gasteiger partial charge in [-0.3, -0.25) is 4.79 Å². The van der Waals surface area contributed by atoms with E-state index in [4.69, 9.17) is 4.52 Å². The summed E-state index contributed by atoms with van der Waals surface area (Å²) in [6.07, 6.45) is 0. The summed E-state index contributed by atoms with van der Waals surface area (Å²) in [7, 11) is 0. The van der Waals surface area contributed by atoms with Crippen molar-refractivity contribution in [3.05, 3.63) is 71.6 Å². The summed E-state index contributed by atoms with van der Waals surface area (Å²) in [5, 5.41) is 6.96. The van der Waals surface area contributed by atoms with E-state index in [1.54, 1.807) is 0 Å². The number of nitrogens with one attached hydrogen (secondary N) is 1. The fraction of sp³-hybridized carbons (Fsp3) is 0.318. The first-order valence-electron chi connectivity index (χ1n) is 9.12. The van der Waals surface area contributed by atoms with Gasteiger partial charge in [-0.1, -0.05) is 75.3 Å². The molecule has 0 aliphatic heterocycles.